The Morgan fingerprint density at radius 3 is 2.65 bits per heavy atom. The fourth-order valence-electron chi connectivity index (χ4n) is 4.86. The monoisotopic (exact) mass is 531 g/mol. The molecule has 2 atom stereocenters. The van der Waals surface area contributed by atoms with Crippen LogP contribution in [0.25, 0.3) is 0 Å². The van der Waals surface area contributed by atoms with E-state index in [0.717, 1.165) is 58.5 Å². The maximum atomic E-state index is 13.9. The average Bonchev–Trinajstić information content (AvgIpc) is 3.03. The molecular formula is C27H28F3N3O3S. The number of aryl methyl sites for hydroxylation is 1. The van der Waals surface area contributed by atoms with Gasteiger partial charge in [0.05, 0.1) is 0 Å². The summed E-state index contributed by atoms with van der Waals surface area (Å²) in [6.07, 6.45) is -2.74. The van der Waals surface area contributed by atoms with Gasteiger partial charge >= 0.3 is 6.18 Å². The molecule has 0 unspecified atom stereocenters. The Kier molecular flexibility index (Phi) is 7.59. The molecule has 0 radical (unpaired) electrons. The Morgan fingerprint density at radius 2 is 1.95 bits per heavy atom. The molecule has 1 aliphatic rings. The number of halogens is 3. The number of alkyl halides is 3. The van der Waals surface area contributed by atoms with Gasteiger partial charge in [-0.1, -0.05) is 43.3 Å². The van der Waals surface area contributed by atoms with Crippen LogP contribution in [0.4, 0.5) is 13.2 Å². The quantitative estimate of drug-likeness (QED) is 0.435. The third-order valence-corrected chi connectivity index (χ3v) is 8.00. The van der Waals surface area contributed by atoms with Gasteiger partial charge in [0, 0.05) is 35.4 Å². The topological polar surface area (TPSA) is 88.6 Å². The van der Waals surface area contributed by atoms with Gasteiger partial charge in [-0.05, 0) is 48.1 Å². The number of thioether (sulfide) groups is 1. The van der Waals surface area contributed by atoms with E-state index in [9.17, 15) is 27.9 Å². The number of benzene rings is 2. The molecule has 10 heteroatoms. The van der Waals surface area contributed by atoms with Crippen molar-refractivity contribution in [1.82, 2.24) is 9.58 Å². The van der Waals surface area contributed by atoms with E-state index in [1.165, 1.54) is 0 Å². The summed E-state index contributed by atoms with van der Waals surface area (Å²) in [5.74, 6) is 4.08. The van der Waals surface area contributed by atoms with Crippen LogP contribution < -0.4 is 11.3 Å². The van der Waals surface area contributed by atoms with E-state index in [1.54, 1.807) is 11.8 Å². The van der Waals surface area contributed by atoms with E-state index in [0.29, 0.717) is 9.58 Å². The minimum Gasteiger partial charge on any atom is -0.502 e. The number of carbonyl (C=O) groups is 1. The number of rotatable bonds is 6. The predicted octanol–water partition coefficient (Wildman–Crippen LogP) is 5.05. The molecule has 3 aromatic rings. The average molecular weight is 532 g/mol. The highest BCUT2D eigenvalue weighted by Gasteiger charge is 2.43. The van der Waals surface area contributed by atoms with Gasteiger partial charge in [0.2, 0.25) is 5.43 Å². The van der Waals surface area contributed by atoms with Gasteiger partial charge in [0.15, 0.2) is 11.4 Å². The lowest BCUT2D eigenvalue weighted by Gasteiger charge is -2.33. The highest BCUT2D eigenvalue weighted by atomic mass is 32.2. The Bertz CT molecular complexity index is 1370. The molecule has 37 heavy (non-hydrogen) atoms. The molecule has 0 spiro atoms. The zero-order valence-corrected chi connectivity index (χ0v) is 21.3. The molecule has 3 N–H and O–H groups in total. The molecular weight excluding hydrogens is 503 g/mol. The molecule has 1 amide bonds. The van der Waals surface area contributed by atoms with Crippen molar-refractivity contribution in [1.29, 1.82) is 0 Å². The van der Waals surface area contributed by atoms with Crippen LogP contribution in [0.5, 0.6) is 5.75 Å². The van der Waals surface area contributed by atoms with E-state index < -0.39 is 35.0 Å². The van der Waals surface area contributed by atoms with Crippen LogP contribution in [-0.4, -0.2) is 39.4 Å². The molecule has 6 nitrogen and oxygen atoms in total. The summed E-state index contributed by atoms with van der Waals surface area (Å²) >= 11 is 1.68. The first-order chi connectivity index (χ1) is 17.5. The maximum absolute atomic E-state index is 13.9. The lowest BCUT2D eigenvalue weighted by molar-refractivity contribution is -0.172. The van der Waals surface area contributed by atoms with E-state index in [2.05, 4.69) is 0 Å². The van der Waals surface area contributed by atoms with Gasteiger partial charge in [-0.15, -0.1) is 11.8 Å². The highest BCUT2D eigenvalue weighted by Crippen LogP contribution is 2.44. The molecule has 2 aromatic carbocycles. The third kappa shape index (κ3) is 5.20. The maximum Gasteiger partial charge on any atom is 0.408 e. The standard InChI is InChI=1S/C27H28F3N3O3S/c1-3-17-7-6-8-18-15-37-22-10-5-4-9-19(22)20(23(17)18)11-13-32(16(2)27(28,29)30)26(36)24-25(35)21(34)12-14-33(24)31/h4-10,12,14,16,20,35H,3,11,13,15,31H2,1-2H3/t16-,20-/m1/s1. The minimum absolute atomic E-state index is 0.205. The van der Waals surface area contributed by atoms with Crippen LogP contribution in [0.2, 0.25) is 0 Å². The second-order valence-corrected chi connectivity index (χ2v) is 10.0. The number of carbonyl (C=O) groups excluding carboxylic acids is 1. The summed E-state index contributed by atoms with van der Waals surface area (Å²) in [5, 5.41) is 10.2. The second kappa shape index (κ2) is 10.5. The molecule has 1 aromatic heterocycles. The Balaban J connectivity index is 1.79. The number of amides is 1. The zero-order chi connectivity index (χ0) is 26.9. The molecule has 0 saturated heterocycles. The molecule has 0 saturated carbocycles. The van der Waals surface area contributed by atoms with Crippen LogP contribution in [-0.2, 0) is 12.2 Å². The van der Waals surface area contributed by atoms with Crippen molar-refractivity contribution in [2.45, 2.75) is 55.5 Å². The highest BCUT2D eigenvalue weighted by molar-refractivity contribution is 7.98. The number of nitrogens with zero attached hydrogens (tertiary/aromatic N) is 2. The summed E-state index contributed by atoms with van der Waals surface area (Å²) in [6.45, 7) is 2.65. The van der Waals surface area contributed by atoms with Crippen molar-refractivity contribution >= 4 is 17.7 Å². The van der Waals surface area contributed by atoms with Crippen molar-refractivity contribution in [3.05, 3.63) is 92.9 Å². The number of aromatic nitrogens is 1. The van der Waals surface area contributed by atoms with Crippen molar-refractivity contribution in [2.24, 2.45) is 0 Å². The normalized spacial score (nSPS) is 15.9. The van der Waals surface area contributed by atoms with Crippen LogP contribution in [0, 0.1) is 0 Å². The second-order valence-electron chi connectivity index (χ2n) is 9.01. The van der Waals surface area contributed by atoms with E-state index in [1.807, 2.05) is 49.4 Å². The lowest BCUT2D eigenvalue weighted by atomic mass is 9.82. The Morgan fingerprint density at radius 1 is 1.22 bits per heavy atom. The van der Waals surface area contributed by atoms with Gasteiger partial charge in [0.25, 0.3) is 5.91 Å². The first-order valence-corrected chi connectivity index (χ1v) is 12.9. The predicted molar refractivity (Wildman–Crippen MR) is 137 cm³/mol. The SMILES string of the molecule is CCc1cccc2c1[C@H](CCN(C(=O)c1c(O)c(=O)ccn1N)[C@H](C)C(F)(F)F)c1ccccc1SC2. The summed E-state index contributed by atoms with van der Waals surface area (Å²) in [6, 6.07) is 12.6. The third-order valence-electron chi connectivity index (χ3n) is 6.86. The lowest BCUT2D eigenvalue weighted by Crippen LogP contribution is -2.49. The fraction of sp³-hybridized carbons (Fsp3) is 0.333. The molecule has 0 bridgehead atoms. The van der Waals surface area contributed by atoms with E-state index in [-0.39, 0.29) is 18.9 Å². The smallest absolute Gasteiger partial charge is 0.408 e. The minimum atomic E-state index is -4.73. The molecule has 4 rings (SSSR count). The van der Waals surface area contributed by atoms with Gasteiger partial charge in [-0.3, -0.25) is 14.3 Å². The van der Waals surface area contributed by atoms with Gasteiger partial charge < -0.3 is 15.8 Å². The summed E-state index contributed by atoms with van der Waals surface area (Å²) < 4.78 is 42.4. The van der Waals surface area contributed by atoms with Crippen LogP contribution in [0.1, 0.15) is 58.9 Å². The molecule has 0 aliphatic carbocycles. The summed E-state index contributed by atoms with van der Waals surface area (Å²) in [4.78, 5) is 27.1. The van der Waals surface area contributed by atoms with Gasteiger partial charge in [-0.2, -0.15) is 13.2 Å². The number of hydrogen-bond donors (Lipinski definition) is 2. The van der Waals surface area contributed by atoms with Crippen molar-refractivity contribution in [3.63, 3.8) is 0 Å². The molecule has 0 fully saturated rings. The van der Waals surface area contributed by atoms with E-state index in [4.69, 9.17) is 5.84 Å². The summed E-state index contributed by atoms with van der Waals surface area (Å²) in [7, 11) is 0. The molecule has 1 aliphatic heterocycles. The van der Waals surface area contributed by atoms with Crippen LogP contribution >= 0.6 is 11.8 Å². The van der Waals surface area contributed by atoms with Crippen molar-refractivity contribution < 1.29 is 23.1 Å². The van der Waals surface area contributed by atoms with Crippen molar-refractivity contribution in [2.75, 3.05) is 12.4 Å². The largest absolute Gasteiger partial charge is 0.502 e. The van der Waals surface area contributed by atoms with Crippen LogP contribution in [0.15, 0.2) is 64.4 Å². The number of nitrogen functional groups attached to an aromatic ring is 1. The fourth-order valence-corrected chi connectivity index (χ4v) is 5.98. The first-order valence-electron chi connectivity index (χ1n) is 11.9. The zero-order valence-electron chi connectivity index (χ0n) is 20.5. The van der Waals surface area contributed by atoms with Gasteiger partial charge in [-0.25, -0.2) is 0 Å². The number of hydrogen-bond acceptors (Lipinski definition) is 5. The number of aromatic hydroxyl groups is 1. The number of pyridine rings is 1. The molecule has 2 heterocycles. The Labute approximate surface area is 216 Å². The number of fused-ring (bicyclic) bond motifs is 2. The van der Waals surface area contributed by atoms with Gasteiger partial charge in [0.1, 0.15) is 6.04 Å². The van der Waals surface area contributed by atoms with Crippen LogP contribution in [0.3, 0.4) is 0 Å². The molecule has 196 valence electrons. The Hall–Kier alpha value is -3.40. The van der Waals surface area contributed by atoms with Crippen molar-refractivity contribution in [3.8, 4) is 5.75 Å². The summed E-state index contributed by atoms with van der Waals surface area (Å²) in [5.41, 5.74) is 2.71. The van der Waals surface area contributed by atoms with E-state index >= 15 is 0 Å². The first kappa shape index (κ1) is 26.7. The number of nitrogens with two attached hydrogens (primary N) is 1.